The van der Waals surface area contributed by atoms with Gasteiger partial charge in [-0.2, -0.15) is 0 Å². The SMILES string of the molecule is CN=C(NCCCOCC1CCOC1)NCCCN1CCC(C)CC1. The molecule has 0 spiro atoms. The first-order valence-electron chi connectivity index (χ1n) is 10.1. The molecule has 1 unspecified atom stereocenters. The molecule has 0 radical (unpaired) electrons. The summed E-state index contributed by atoms with van der Waals surface area (Å²) in [4.78, 5) is 6.87. The molecule has 1 atom stereocenters. The number of nitrogens with one attached hydrogen (secondary N) is 2. The van der Waals surface area contributed by atoms with Crippen LogP contribution in [0.25, 0.3) is 0 Å². The summed E-state index contributed by atoms with van der Waals surface area (Å²) in [6, 6.07) is 0. The molecule has 0 aliphatic carbocycles. The van der Waals surface area contributed by atoms with E-state index in [4.69, 9.17) is 9.47 Å². The summed E-state index contributed by atoms with van der Waals surface area (Å²) in [7, 11) is 1.83. The van der Waals surface area contributed by atoms with E-state index in [9.17, 15) is 0 Å². The molecule has 2 fully saturated rings. The van der Waals surface area contributed by atoms with Crippen LogP contribution in [0, 0.1) is 11.8 Å². The topological polar surface area (TPSA) is 58.1 Å². The third-order valence-corrected chi connectivity index (χ3v) is 5.18. The molecule has 25 heavy (non-hydrogen) atoms. The quantitative estimate of drug-likeness (QED) is 0.355. The summed E-state index contributed by atoms with van der Waals surface area (Å²) in [6.07, 6.45) is 6.02. The molecular weight excluding hydrogens is 316 g/mol. The lowest BCUT2D eigenvalue weighted by Gasteiger charge is -2.30. The Bertz CT molecular complexity index is 364. The summed E-state index contributed by atoms with van der Waals surface area (Å²) < 4.78 is 11.1. The molecule has 2 aliphatic heterocycles. The number of likely N-dealkylation sites (tertiary alicyclic amines) is 1. The summed E-state index contributed by atoms with van der Waals surface area (Å²) in [5, 5.41) is 6.77. The molecule has 2 heterocycles. The number of piperidine rings is 1. The molecule has 2 aliphatic rings. The average molecular weight is 355 g/mol. The van der Waals surface area contributed by atoms with Gasteiger partial charge >= 0.3 is 0 Å². The third-order valence-electron chi connectivity index (χ3n) is 5.18. The standard InChI is InChI=1S/C19H38N4O2/c1-17-5-11-23(12-6-17)10-3-8-21-19(20-2)22-9-4-13-24-15-18-7-14-25-16-18/h17-18H,3-16H2,1-2H3,(H2,20,21,22). The first-order valence-corrected chi connectivity index (χ1v) is 10.1. The molecule has 2 rings (SSSR count). The molecule has 0 saturated carbocycles. The molecule has 0 aromatic heterocycles. The Morgan fingerprint density at radius 1 is 1.16 bits per heavy atom. The molecular formula is C19H38N4O2. The van der Waals surface area contributed by atoms with Crippen LogP contribution in [0.2, 0.25) is 0 Å². The second-order valence-corrected chi connectivity index (χ2v) is 7.46. The molecule has 0 aromatic rings. The smallest absolute Gasteiger partial charge is 0.190 e. The zero-order valence-corrected chi connectivity index (χ0v) is 16.3. The molecule has 2 N–H and O–H groups in total. The van der Waals surface area contributed by atoms with Gasteiger partial charge in [0, 0.05) is 39.3 Å². The maximum absolute atomic E-state index is 5.72. The van der Waals surface area contributed by atoms with Crippen LogP contribution in [0.5, 0.6) is 0 Å². The van der Waals surface area contributed by atoms with Gasteiger partial charge in [0.2, 0.25) is 0 Å². The Morgan fingerprint density at radius 2 is 1.92 bits per heavy atom. The van der Waals surface area contributed by atoms with E-state index in [1.54, 1.807) is 0 Å². The fourth-order valence-corrected chi connectivity index (χ4v) is 3.36. The van der Waals surface area contributed by atoms with Gasteiger partial charge in [-0.25, -0.2) is 0 Å². The van der Waals surface area contributed by atoms with Gasteiger partial charge < -0.3 is 25.0 Å². The molecule has 6 nitrogen and oxygen atoms in total. The Kier molecular flexibility index (Phi) is 10.2. The van der Waals surface area contributed by atoms with E-state index < -0.39 is 0 Å². The Balaban J connectivity index is 1.41. The first-order chi connectivity index (χ1) is 12.3. The molecule has 2 saturated heterocycles. The average Bonchev–Trinajstić information content (AvgIpc) is 3.14. The minimum Gasteiger partial charge on any atom is -0.381 e. The molecule has 146 valence electrons. The second-order valence-electron chi connectivity index (χ2n) is 7.46. The van der Waals surface area contributed by atoms with Gasteiger partial charge in [0.25, 0.3) is 0 Å². The number of nitrogens with zero attached hydrogens (tertiary/aromatic N) is 2. The molecule has 0 aromatic carbocycles. The van der Waals surface area contributed by atoms with Crippen molar-refractivity contribution in [2.24, 2.45) is 16.8 Å². The van der Waals surface area contributed by atoms with Gasteiger partial charge in [-0.1, -0.05) is 6.92 Å². The highest BCUT2D eigenvalue weighted by molar-refractivity contribution is 5.79. The van der Waals surface area contributed by atoms with E-state index >= 15 is 0 Å². The maximum Gasteiger partial charge on any atom is 0.190 e. The predicted molar refractivity (Wildman–Crippen MR) is 103 cm³/mol. The molecule has 0 amide bonds. The summed E-state index contributed by atoms with van der Waals surface area (Å²) >= 11 is 0. The van der Waals surface area contributed by atoms with Crippen LogP contribution in [-0.2, 0) is 9.47 Å². The minimum absolute atomic E-state index is 0.602. The van der Waals surface area contributed by atoms with Crippen LogP contribution in [0.15, 0.2) is 4.99 Å². The van der Waals surface area contributed by atoms with Crippen LogP contribution < -0.4 is 10.6 Å². The van der Waals surface area contributed by atoms with Crippen molar-refractivity contribution in [3.8, 4) is 0 Å². The van der Waals surface area contributed by atoms with Crippen molar-refractivity contribution in [2.45, 2.75) is 39.0 Å². The Labute approximate surface area is 153 Å². The van der Waals surface area contributed by atoms with Gasteiger partial charge in [-0.15, -0.1) is 0 Å². The Morgan fingerprint density at radius 3 is 2.60 bits per heavy atom. The van der Waals surface area contributed by atoms with Crippen molar-refractivity contribution in [3.63, 3.8) is 0 Å². The lowest BCUT2D eigenvalue weighted by Crippen LogP contribution is -2.40. The highest BCUT2D eigenvalue weighted by Crippen LogP contribution is 2.15. The van der Waals surface area contributed by atoms with Crippen molar-refractivity contribution >= 4 is 5.96 Å². The van der Waals surface area contributed by atoms with E-state index in [-0.39, 0.29) is 0 Å². The second kappa shape index (κ2) is 12.5. The van der Waals surface area contributed by atoms with Crippen LogP contribution in [0.1, 0.15) is 39.0 Å². The van der Waals surface area contributed by atoms with Crippen LogP contribution >= 0.6 is 0 Å². The van der Waals surface area contributed by atoms with E-state index in [0.29, 0.717) is 5.92 Å². The minimum atomic E-state index is 0.602. The van der Waals surface area contributed by atoms with Gasteiger partial charge in [0.15, 0.2) is 5.96 Å². The number of aliphatic imine (C=N–C) groups is 1. The predicted octanol–water partition coefficient (Wildman–Crippen LogP) is 1.72. The van der Waals surface area contributed by atoms with E-state index in [1.165, 1.54) is 38.9 Å². The number of guanidine groups is 1. The maximum atomic E-state index is 5.72. The van der Waals surface area contributed by atoms with Crippen molar-refractivity contribution in [3.05, 3.63) is 0 Å². The summed E-state index contributed by atoms with van der Waals surface area (Å²) in [6.45, 7) is 11.4. The monoisotopic (exact) mass is 354 g/mol. The zero-order chi connectivity index (χ0) is 17.7. The molecule has 6 heteroatoms. The van der Waals surface area contributed by atoms with Crippen molar-refractivity contribution in [1.29, 1.82) is 0 Å². The normalized spacial score (nSPS) is 23.1. The molecule has 0 bridgehead atoms. The van der Waals surface area contributed by atoms with Gasteiger partial charge in [-0.3, -0.25) is 4.99 Å². The Hall–Kier alpha value is -0.850. The van der Waals surface area contributed by atoms with E-state index in [0.717, 1.165) is 64.2 Å². The van der Waals surface area contributed by atoms with Crippen molar-refractivity contribution in [1.82, 2.24) is 15.5 Å². The van der Waals surface area contributed by atoms with E-state index in [2.05, 4.69) is 27.4 Å². The van der Waals surface area contributed by atoms with Crippen molar-refractivity contribution in [2.75, 3.05) is 66.2 Å². The van der Waals surface area contributed by atoms with Crippen LogP contribution in [0.3, 0.4) is 0 Å². The van der Waals surface area contributed by atoms with E-state index in [1.807, 2.05) is 7.05 Å². The largest absolute Gasteiger partial charge is 0.381 e. The fraction of sp³-hybridized carbons (Fsp3) is 0.947. The lowest BCUT2D eigenvalue weighted by molar-refractivity contribution is 0.0888. The highest BCUT2D eigenvalue weighted by atomic mass is 16.5. The third kappa shape index (κ3) is 8.88. The highest BCUT2D eigenvalue weighted by Gasteiger charge is 2.15. The number of hydrogen-bond donors (Lipinski definition) is 2. The van der Waals surface area contributed by atoms with Crippen LogP contribution in [-0.4, -0.2) is 77.1 Å². The van der Waals surface area contributed by atoms with Gasteiger partial charge in [-0.05, 0) is 57.7 Å². The summed E-state index contributed by atoms with van der Waals surface area (Å²) in [5.74, 6) is 2.41. The lowest BCUT2D eigenvalue weighted by atomic mass is 9.99. The summed E-state index contributed by atoms with van der Waals surface area (Å²) in [5.41, 5.74) is 0. The fourth-order valence-electron chi connectivity index (χ4n) is 3.36. The first kappa shape index (κ1) is 20.5. The van der Waals surface area contributed by atoms with Crippen molar-refractivity contribution < 1.29 is 9.47 Å². The van der Waals surface area contributed by atoms with Gasteiger partial charge in [0.05, 0.1) is 13.2 Å². The van der Waals surface area contributed by atoms with Crippen LogP contribution in [0.4, 0.5) is 0 Å². The number of hydrogen-bond acceptors (Lipinski definition) is 4. The number of rotatable bonds is 10. The zero-order valence-electron chi connectivity index (χ0n) is 16.3. The van der Waals surface area contributed by atoms with Gasteiger partial charge in [0.1, 0.15) is 0 Å². The number of ether oxygens (including phenoxy) is 2.